The highest BCUT2D eigenvalue weighted by atomic mass is 16.5. The smallest absolute Gasteiger partial charge is 0.134 e. The quantitative estimate of drug-likeness (QED) is 0.675. The van der Waals surface area contributed by atoms with E-state index in [2.05, 4.69) is 18.3 Å². The minimum Gasteiger partial charge on any atom is -0.358 e. The van der Waals surface area contributed by atoms with Crippen LogP contribution in [0.15, 0.2) is 24.3 Å². The Morgan fingerprint density at radius 2 is 2.42 bits per heavy atom. The number of rotatable bonds is 1. The van der Waals surface area contributed by atoms with Gasteiger partial charge in [-0.15, -0.1) is 0 Å². The minimum atomic E-state index is 0.0756. The van der Waals surface area contributed by atoms with Gasteiger partial charge in [0.05, 0.1) is 6.61 Å². The van der Waals surface area contributed by atoms with Gasteiger partial charge in [-0.2, -0.15) is 0 Å². The van der Waals surface area contributed by atoms with Crippen molar-refractivity contribution in [3.63, 3.8) is 0 Å². The van der Waals surface area contributed by atoms with Crippen molar-refractivity contribution in [1.82, 2.24) is 5.32 Å². The molecule has 1 heterocycles. The lowest BCUT2D eigenvalue weighted by Gasteiger charge is -2.10. The molecule has 63 valence electrons. The second-order valence-electron chi connectivity index (χ2n) is 2.95. The molecule has 0 spiro atoms. The summed E-state index contributed by atoms with van der Waals surface area (Å²) in [7, 11) is 0. The lowest BCUT2D eigenvalue weighted by Crippen LogP contribution is -2.13. The molecule has 1 aromatic carbocycles. The average Bonchev–Trinajstić information content (AvgIpc) is 2.56. The highest BCUT2D eigenvalue weighted by molar-refractivity contribution is 5.26. The molecule has 1 N–H and O–H groups in total. The Labute approximate surface area is 72.5 Å². The van der Waals surface area contributed by atoms with Crippen LogP contribution in [0.3, 0.4) is 0 Å². The van der Waals surface area contributed by atoms with Crippen LogP contribution in [0, 0.1) is 6.92 Å². The van der Waals surface area contributed by atoms with Crippen molar-refractivity contribution < 1.29 is 4.74 Å². The summed E-state index contributed by atoms with van der Waals surface area (Å²) in [5.74, 6) is 0. The Balaban J connectivity index is 2.21. The Hall–Kier alpha value is -0.860. The molecule has 1 atom stereocenters. The summed E-state index contributed by atoms with van der Waals surface area (Å²) in [4.78, 5) is 0. The number of hydrogen-bond acceptors (Lipinski definition) is 2. The van der Waals surface area contributed by atoms with Crippen molar-refractivity contribution in [1.29, 1.82) is 0 Å². The first-order valence-corrected chi connectivity index (χ1v) is 4.13. The molecular weight excluding hydrogens is 150 g/mol. The van der Waals surface area contributed by atoms with E-state index in [1.165, 1.54) is 5.56 Å². The molecule has 0 amide bonds. The van der Waals surface area contributed by atoms with Gasteiger partial charge in [0.1, 0.15) is 6.23 Å². The molecule has 2 nitrogen and oxygen atoms in total. The number of benzene rings is 1. The number of nitrogens with one attached hydrogen (secondary N) is 1. The van der Waals surface area contributed by atoms with Gasteiger partial charge in [0.15, 0.2) is 0 Å². The predicted octanol–water partition coefficient (Wildman–Crippen LogP) is 1.49. The molecule has 1 fully saturated rings. The van der Waals surface area contributed by atoms with Gasteiger partial charge < -0.3 is 4.74 Å². The van der Waals surface area contributed by atoms with Gasteiger partial charge in [-0.25, -0.2) is 0 Å². The molecule has 1 aliphatic rings. The second kappa shape index (κ2) is 3.25. The first kappa shape index (κ1) is 7.77. The van der Waals surface area contributed by atoms with Gasteiger partial charge in [-0.05, 0) is 18.1 Å². The number of hydrogen-bond donors (Lipinski definition) is 1. The minimum absolute atomic E-state index is 0.0756. The molecule has 0 bridgehead atoms. The maximum absolute atomic E-state index is 5.46. The van der Waals surface area contributed by atoms with Gasteiger partial charge in [0.25, 0.3) is 0 Å². The molecule has 2 heteroatoms. The maximum Gasteiger partial charge on any atom is 0.134 e. The molecule has 0 aliphatic carbocycles. The van der Waals surface area contributed by atoms with Crippen molar-refractivity contribution >= 4 is 0 Å². The van der Waals surface area contributed by atoms with Gasteiger partial charge in [0.2, 0.25) is 0 Å². The van der Waals surface area contributed by atoms with Crippen molar-refractivity contribution in [3.05, 3.63) is 42.3 Å². The van der Waals surface area contributed by atoms with Gasteiger partial charge in [-0.1, -0.05) is 24.3 Å². The van der Waals surface area contributed by atoms with E-state index in [0.717, 1.165) is 18.7 Å². The van der Waals surface area contributed by atoms with Crippen LogP contribution >= 0.6 is 0 Å². The fraction of sp³-hybridized carbons (Fsp3) is 0.300. The van der Waals surface area contributed by atoms with Crippen molar-refractivity contribution in [3.8, 4) is 0 Å². The molecule has 0 aromatic heterocycles. The number of ether oxygens (including phenoxy) is 1. The van der Waals surface area contributed by atoms with E-state index in [-0.39, 0.29) is 6.23 Å². The summed E-state index contributed by atoms with van der Waals surface area (Å²) in [6.07, 6.45) is 0.0756. The summed E-state index contributed by atoms with van der Waals surface area (Å²) >= 11 is 0. The lowest BCUT2D eigenvalue weighted by molar-refractivity contribution is 0.102. The summed E-state index contributed by atoms with van der Waals surface area (Å²) in [5.41, 5.74) is 2.20. The first-order chi connectivity index (χ1) is 5.86. The van der Waals surface area contributed by atoms with Gasteiger partial charge >= 0.3 is 0 Å². The van der Waals surface area contributed by atoms with Crippen molar-refractivity contribution in [2.75, 3.05) is 13.2 Å². The molecule has 1 radical (unpaired) electrons. The molecule has 1 unspecified atom stereocenters. The highest BCUT2D eigenvalue weighted by Gasteiger charge is 2.15. The maximum atomic E-state index is 5.46. The molecule has 1 aliphatic heterocycles. The molecular formula is C10H12NO. The van der Waals surface area contributed by atoms with Crippen molar-refractivity contribution in [2.45, 2.75) is 6.23 Å². The predicted molar refractivity (Wildman–Crippen MR) is 47.6 cm³/mol. The summed E-state index contributed by atoms with van der Waals surface area (Å²) in [6.45, 7) is 5.60. The SMILES string of the molecule is [CH2]c1cccc(C2NCCO2)c1. The third-order valence-electron chi connectivity index (χ3n) is 1.97. The normalized spacial score (nSPS) is 22.9. The zero-order chi connectivity index (χ0) is 8.39. The third kappa shape index (κ3) is 1.49. The van der Waals surface area contributed by atoms with E-state index in [1.807, 2.05) is 18.2 Å². The highest BCUT2D eigenvalue weighted by Crippen LogP contribution is 2.18. The molecule has 0 saturated carbocycles. The molecule has 12 heavy (non-hydrogen) atoms. The van der Waals surface area contributed by atoms with Crippen LogP contribution in [0.1, 0.15) is 17.4 Å². The van der Waals surface area contributed by atoms with Crippen molar-refractivity contribution in [2.24, 2.45) is 0 Å². The average molecular weight is 162 g/mol. The monoisotopic (exact) mass is 162 g/mol. The van der Waals surface area contributed by atoms with Crippen LogP contribution in [-0.2, 0) is 4.74 Å². The summed E-state index contributed by atoms with van der Waals surface area (Å²) in [5, 5.41) is 3.25. The second-order valence-corrected chi connectivity index (χ2v) is 2.95. The fourth-order valence-corrected chi connectivity index (χ4v) is 1.40. The van der Waals surface area contributed by atoms with E-state index in [4.69, 9.17) is 4.74 Å². The largest absolute Gasteiger partial charge is 0.358 e. The standard InChI is InChI=1S/C10H12NO/c1-8-3-2-4-9(7-8)10-11-5-6-12-10/h2-4,7,10-11H,1,5-6H2. The van der Waals surface area contributed by atoms with Crippen LogP contribution in [0.25, 0.3) is 0 Å². The first-order valence-electron chi connectivity index (χ1n) is 4.13. The third-order valence-corrected chi connectivity index (χ3v) is 1.97. The van der Waals surface area contributed by atoms with Crippen LogP contribution in [0.5, 0.6) is 0 Å². The van der Waals surface area contributed by atoms with E-state index in [1.54, 1.807) is 0 Å². The summed E-state index contributed by atoms with van der Waals surface area (Å²) in [6, 6.07) is 8.08. The Morgan fingerprint density at radius 1 is 1.50 bits per heavy atom. The van der Waals surface area contributed by atoms with Gasteiger partial charge in [-0.3, -0.25) is 5.32 Å². The lowest BCUT2D eigenvalue weighted by atomic mass is 10.1. The topological polar surface area (TPSA) is 21.3 Å². The van der Waals surface area contributed by atoms with Crippen LogP contribution in [0.2, 0.25) is 0 Å². The van der Waals surface area contributed by atoms with Crippen LogP contribution in [-0.4, -0.2) is 13.2 Å². The molecule has 1 saturated heterocycles. The Bertz CT molecular complexity index is 266. The summed E-state index contributed by atoms with van der Waals surface area (Å²) < 4.78 is 5.46. The zero-order valence-electron chi connectivity index (χ0n) is 6.92. The fourth-order valence-electron chi connectivity index (χ4n) is 1.40. The van der Waals surface area contributed by atoms with E-state index in [9.17, 15) is 0 Å². The zero-order valence-corrected chi connectivity index (χ0v) is 6.92. The Morgan fingerprint density at radius 3 is 3.08 bits per heavy atom. The van der Waals surface area contributed by atoms with Crippen LogP contribution in [0.4, 0.5) is 0 Å². The molecule has 1 aromatic rings. The van der Waals surface area contributed by atoms with E-state index < -0.39 is 0 Å². The van der Waals surface area contributed by atoms with E-state index in [0.29, 0.717) is 0 Å². The Kier molecular flexibility index (Phi) is 2.11. The van der Waals surface area contributed by atoms with E-state index >= 15 is 0 Å². The molecule has 2 rings (SSSR count). The van der Waals surface area contributed by atoms with Crippen LogP contribution < -0.4 is 5.32 Å². The van der Waals surface area contributed by atoms with Gasteiger partial charge in [0, 0.05) is 6.54 Å².